The lowest BCUT2D eigenvalue weighted by Gasteiger charge is -2.13. The zero-order chi connectivity index (χ0) is 7.52. The van der Waals surface area contributed by atoms with Gasteiger partial charge >= 0.3 is 0 Å². The third-order valence-electron chi connectivity index (χ3n) is 1.97. The van der Waals surface area contributed by atoms with Gasteiger partial charge in [0.15, 0.2) is 0 Å². The Labute approximate surface area is 70.8 Å². The molecule has 0 saturated heterocycles. The van der Waals surface area contributed by atoms with Gasteiger partial charge in [-0.15, -0.1) is 11.3 Å². The van der Waals surface area contributed by atoms with Crippen LogP contribution < -0.4 is 0 Å². The molecule has 2 heteroatoms. The first kappa shape index (κ1) is 7.04. The fourth-order valence-electron chi connectivity index (χ4n) is 1.38. The maximum Gasteiger partial charge on any atom is 0.0837 e. The molecule has 0 amide bonds. The largest absolute Gasteiger partial charge is 0.289 e. The Balaban J connectivity index is 2.16. The molecule has 1 aromatic rings. The molecular formula is C9H11NS. The van der Waals surface area contributed by atoms with Crippen LogP contribution in [0.2, 0.25) is 0 Å². The molecule has 0 aromatic carbocycles. The molecule has 0 bridgehead atoms. The summed E-state index contributed by atoms with van der Waals surface area (Å²) >= 11 is 1.82. The third kappa shape index (κ3) is 1.51. The van der Waals surface area contributed by atoms with Crippen LogP contribution in [0.25, 0.3) is 0 Å². The van der Waals surface area contributed by atoms with E-state index in [2.05, 4.69) is 28.7 Å². The molecule has 1 aliphatic heterocycles. The maximum atomic E-state index is 4.46. The number of rotatable bonds is 1. The van der Waals surface area contributed by atoms with E-state index in [1.807, 2.05) is 11.3 Å². The summed E-state index contributed by atoms with van der Waals surface area (Å²) in [6, 6.07) is 4.76. The SMILES string of the molecule is C1=NC(c2cccs2)CCC1. The van der Waals surface area contributed by atoms with Crippen molar-refractivity contribution >= 4 is 17.6 Å². The molecule has 0 saturated carbocycles. The lowest BCUT2D eigenvalue weighted by molar-refractivity contribution is 0.612. The highest BCUT2D eigenvalue weighted by Gasteiger charge is 2.11. The fourth-order valence-corrected chi connectivity index (χ4v) is 2.18. The van der Waals surface area contributed by atoms with E-state index in [-0.39, 0.29) is 0 Å². The average molecular weight is 165 g/mol. The minimum absolute atomic E-state index is 0.476. The van der Waals surface area contributed by atoms with Crippen LogP contribution in [0.3, 0.4) is 0 Å². The number of hydrogen-bond acceptors (Lipinski definition) is 2. The van der Waals surface area contributed by atoms with Gasteiger partial charge in [-0.2, -0.15) is 0 Å². The predicted molar refractivity (Wildman–Crippen MR) is 49.4 cm³/mol. The monoisotopic (exact) mass is 165 g/mol. The summed E-state index contributed by atoms with van der Waals surface area (Å²) < 4.78 is 0. The molecule has 2 heterocycles. The van der Waals surface area contributed by atoms with Crippen LogP contribution in [-0.4, -0.2) is 6.21 Å². The molecule has 1 atom stereocenters. The summed E-state index contributed by atoms with van der Waals surface area (Å²) in [5.74, 6) is 0. The Morgan fingerprint density at radius 1 is 1.55 bits per heavy atom. The van der Waals surface area contributed by atoms with Crippen molar-refractivity contribution in [1.82, 2.24) is 0 Å². The first-order chi connectivity index (χ1) is 5.47. The molecule has 1 unspecified atom stereocenters. The predicted octanol–water partition coefficient (Wildman–Crippen LogP) is 3.04. The van der Waals surface area contributed by atoms with Crippen LogP contribution in [0.1, 0.15) is 30.2 Å². The molecule has 11 heavy (non-hydrogen) atoms. The Bertz CT molecular complexity index is 238. The van der Waals surface area contributed by atoms with Crippen molar-refractivity contribution < 1.29 is 0 Å². The van der Waals surface area contributed by atoms with Gasteiger partial charge in [-0.25, -0.2) is 0 Å². The van der Waals surface area contributed by atoms with Crippen molar-refractivity contribution in [2.45, 2.75) is 25.3 Å². The maximum absolute atomic E-state index is 4.46. The topological polar surface area (TPSA) is 12.4 Å². The smallest absolute Gasteiger partial charge is 0.0837 e. The van der Waals surface area contributed by atoms with Crippen molar-refractivity contribution in [3.63, 3.8) is 0 Å². The Hall–Kier alpha value is -0.630. The average Bonchev–Trinajstić information content (AvgIpc) is 2.58. The second kappa shape index (κ2) is 3.18. The summed E-state index contributed by atoms with van der Waals surface area (Å²) in [6.45, 7) is 0. The van der Waals surface area contributed by atoms with Crippen molar-refractivity contribution in [1.29, 1.82) is 0 Å². The summed E-state index contributed by atoms with van der Waals surface area (Å²) in [4.78, 5) is 5.87. The van der Waals surface area contributed by atoms with E-state index in [1.54, 1.807) is 0 Å². The minimum atomic E-state index is 0.476. The van der Waals surface area contributed by atoms with Crippen LogP contribution in [0.15, 0.2) is 22.5 Å². The lowest BCUT2D eigenvalue weighted by Crippen LogP contribution is -1.98. The van der Waals surface area contributed by atoms with E-state index in [4.69, 9.17) is 0 Å². The third-order valence-corrected chi connectivity index (χ3v) is 2.94. The van der Waals surface area contributed by atoms with Crippen LogP contribution in [-0.2, 0) is 0 Å². The lowest BCUT2D eigenvalue weighted by atomic mass is 10.1. The van der Waals surface area contributed by atoms with Crippen LogP contribution >= 0.6 is 11.3 Å². The van der Waals surface area contributed by atoms with Crippen LogP contribution in [0.4, 0.5) is 0 Å². The summed E-state index contributed by atoms with van der Waals surface area (Å²) in [6.07, 6.45) is 5.76. The van der Waals surface area contributed by atoms with Gasteiger partial charge in [-0.3, -0.25) is 4.99 Å². The summed E-state index contributed by atoms with van der Waals surface area (Å²) in [5.41, 5.74) is 0. The molecule has 58 valence electrons. The Morgan fingerprint density at radius 3 is 3.18 bits per heavy atom. The van der Waals surface area contributed by atoms with Crippen molar-refractivity contribution in [3.05, 3.63) is 22.4 Å². The molecule has 1 nitrogen and oxygen atoms in total. The van der Waals surface area contributed by atoms with Gasteiger partial charge in [-0.05, 0) is 36.9 Å². The van der Waals surface area contributed by atoms with Crippen LogP contribution in [0, 0.1) is 0 Å². The molecule has 0 aliphatic carbocycles. The zero-order valence-electron chi connectivity index (χ0n) is 6.36. The Morgan fingerprint density at radius 2 is 2.55 bits per heavy atom. The van der Waals surface area contributed by atoms with E-state index in [9.17, 15) is 0 Å². The number of hydrogen-bond donors (Lipinski definition) is 0. The van der Waals surface area contributed by atoms with Crippen molar-refractivity contribution in [3.8, 4) is 0 Å². The Kier molecular flexibility index (Phi) is 2.04. The van der Waals surface area contributed by atoms with Crippen LogP contribution in [0.5, 0.6) is 0 Å². The van der Waals surface area contributed by atoms with E-state index in [1.165, 1.54) is 24.1 Å². The van der Waals surface area contributed by atoms with Gasteiger partial charge in [0.25, 0.3) is 0 Å². The van der Waals surface area contributed by atoms with E-state index >= 15 is 0 Å². The normalized spacial score (nSPS) is 23.8. The van der Waals surface area contributed by atoms with Crippen molar-refractivity contribution in [2.75, 3.05) is 0 Å². The number of thiophene rings is 1. The summed E-state index contributed by atoms with van der Waals surface area (Å²) in [5, 5.41) is 2.12. The van der Waals surface area contributed by atoms with Gasteiger partial charge in [0.05, 0.1) is 6.04 Å². The highest BCUT2D eigenvalue weighted by molar-refractivity contribution is 7.10. The summed E-state index contributed by atoms with van der Waals surface area (Å²) in [7, 11) is 0. The van der Waals surface area contributed by atoms with E-state index < -0.39 is 0 Å². The number of nitrogens with zero attached hydrogens (tertiary/aromatic N) is 1. The number of aliphatic imine (C=N–C) groups is 1. The molecule has 1 aromatic heterocycles. The molecule has 0 radical (unpaired) electrons. The van der Waals surface area contributed by atoms with Gasteiger partial charge in [0.2, 0.25) is 0 Å². The van der Waals surface area contributed by atoms with Crippen molar-refractivity contribution in [2.24, 2.45) is 4.99 Å². The van der Waals surface area contributed by atoms with Gasteiger partial charge in [0, 0.05) is 4.88 Å². The molecule has 0 spiro atoms. The minimum Gasteiger partial charge on any atom is -0.289 e. The fraction of sp³-hybridized carbons (Fsp3) is 0.444. The standard InChI is InChI=1S/C9H11NS/c1-2-6-10-8(4-1)9-5-3-7-11-9/h3,5-8H,1-2,4H2. The van der Waals surface area contributed by atoms with E-state index in [0.29, 0.717) is 6.04 Å². The molecular weight excluding hydrogens is 154 g/mol. The quantitative estimate of drug-likeness (QED) is 0.606. The molecule has 1 aliphatic rings. The second-order valence-electron chi connectivity index (χ2n) is 2.79. The zero-order valence-corrected chi connectivity index (χ0v) is 7.18. The molecule has 2 rings (SSSR count). The highest BCUT2D eigenvalue weighted by Crippen LogP contribution is 2.29. The first-order valence-corrected chi connectivity index (χ1v) is 4.90. The van der Waals surface area contributed by atoms with E-state index in [0.717, 1.165) is 0 Å². The highest BCUT2D eigenvalue weighted by atomic mass is 32.1. The first-order valence-electron chi connectivity index (χ1n) is 4.02. The van der Waals surface area contributed by atoms with Gasteiger partial charge < -0.3 is 0 Å². The second-order valence-corrected chi connectivity index (χ2v) is 3.77. The van der Waals surface area contributed by atoms with Gasteiger partial charge in [-0.1, -0.05) is 6.07 Å². The van der Waals surface area contributed by atoms with Gasteiger partial charge in [0.1, 0.15) is 0 Å². The molecule has 0 N–H and O–H groups in total. The molecule has 0 fully saturated rings.